The van der Waals surface area contributed by atoms with Crippen LogP contribution in [0, 0.1) is 0 Å². The second-order valence-corrected chi connectivity index (χ2v) is 3.83. The van der Waals surface area contributed by atoms with Crippen LogP contribution in [0.25, 0.3) is 0 Å². The van der Waals surface area contributed by atoms with Crippen LogP contribution in [-0.2, 0) is 14.3 Å². The van der Waals surface area contributed by atoms with Gasteiger partial charge in [0.05, 0.1) is 12.0 Å². The van der Waals surface area contributed by atoms with Crippen molar-refractivity contribution in [1.29, 1.82) is 0 Å². The van der Waals surface area contributed by atoms with Gasteiger partial charge in [-0.3, -0.25) is 4.18 Å². The molecule has 0 aromatic heterocycles. The monoisotopic (exact) mass is 188 g/mol. The summed E-state index contributed by atoms with van der Waals surface area (Å²) in [6.07, 6.45) is 0. The molecule has 1 rings (SSSR count). The molecular weight excluding hydrogens is 180 g/mol. The molecule has 4 nitrogen and oxygen atoms in total. The quantitative estimate of drug-likeness (QED) is 0.695. The Kier molecular flexibility index (Phi) is 2.35. The Labute approximate surface area is 70.5 Å². The van der Waals surface area contributed by atoms with E-state index in [2.05, 4.69) is 4.18 Å². The van der Waals surface area contributed by atoms with Crippen LogP contribution in [0.5, 0.6) is 5.75 Å². The van der Waals surface area contributed by atoms with E-state index in [0.29, 0.717) is 0 Å². The van der Waals surface area contributed by atoms with Gasteiger partial charge < -0.3 is 5.11 Å². The van der Waals surface area contributed by atoms with Gasteiger partial charge in [0.1, 0.15) is 5.75 Å². The molecule has 0 saturated carbocycles. The fourth-order valence-corrected chi connectivity index (χ4v) is 1.37. The Morgan fingerprint density at radius 2 is 1.75 bits per heavy atom. The molecule has 0 heterocycles. The van der Waals surface area contributed by atoms with Crippen molar-refractivity contribution in [3.63, 3.8) is 0 Å². The lowest BCUT2D eigenvalue weighted by Crippen LogP contribution is -2.01. The highest BCUT2D eigenvalue weighted by Crippen LogP contribution is 2.15. The number of phenols is 1. The summed E-state index contributed by atoms with van der Waals surface area (Å²) < 4.78 is 26.3. The third-order valence-corrected chi connectivity index (χ3v) is 2.63. The second kappa shape index (κ2) is 3.12. The molecule has 0 aliphatic heterocycles. The average molecular weight is 188 g/mol. The van der Waals surface area contributed by atoms with E-state index < -0.39 is 10.1 Å². The van der Waals surface area contributed by atoms with Crippen molar-refractivity contribution in [2.45, 2.75) is 4.90 Å². The highest BCUT2D eigenvalue weighted by molar-refractivity contribution is 7.86. The van der Waals surface area contributed by atoms with Crippen LogP contribution in [0.2, 0.25) is 0 Å². The van der Waals surface area contributed by atoms with E-state index >= 15 is 0 Å². The van der Waals surface area contributed by atoms with Gasteiger partial charge in [0.15, 0.2) is 0 Å². The SMILES string of the molecule is COS(=O)(=O)c1ccc(O)cc1. The zero-order valence-corrected chi connectivity index (χ0v) is 7.21. The molecule has 12 heavy (non-hydrogen) atoms. The molecule has 0 saturated heterocycles. The Balaban J connectivity index is 3.14. The minimum atomic E-state index is -3.63. The lowest BCUT2D eigenvalue weighted by molar-refractivity contribution is 0.397. The molecule has 1 N–H and O–H groups in total. The summed E-state index contributed by atoms with van der Waals surface area (Å²) in [6, 6.07) is 5.11. The van der Waals surface area contributed by atoms with Gasteiger partial charge in [-0.05, 0) is 24.3 Å². The Hall–Kier alpha value is -1.07. The van der Waals surface area contributed by atoms with Gasteiger partial charge in [0.25, 0.3) is 10.1 Å². The fourth-order valence-electron chi connectivity index (χ4n) is 0.709. The van der Waals surface area contributed by atoms with Gasteiger partial charge >= 0.3 is 0 Å². The second-order valence-electron chi connectivity index (χ2n) is 2.11. The van der Waals surface area contributed by atoms with Crippen molar-refractivity contribution >= 4 is 10.1 Å². The molecule has 0 radical (unpaired) electrons. The molecule has 1 aromatic carbocycles. The van der Waals surface area contributed by atoms with Gasteiger partial charge in [0.2, 0.25) is 0 Å². The van der Waals surface area contributed by atoms with Gasteiger partial charge in [-0.25, -0.2) is 0 Å². The Morgan fingerprint density at radius 1 is 1.25 bits per heavy atom. The molecule has 0 aliphatic carbocycles. The lowest BCUT2D eigenvalue weighted by atomic mass is 10.3. The summed E-state index contributed by atoms with van der Waals surface area (Å²) in [5.74, 6) is 0.0186. The zero-order chi connectivity index (χ0) is 9.19. The van der Waals surface area contributed by atoms with Gasteiger partial charge in [-0.1, -0.05) is 0 Å². The van der Waals surface area contributed by atoms with Gasteiger partial charge in [-0.2, -0.15) is 8.42 Å². The van der Waals surface area contributed by atoms with Crippen LogP contribution in [0.1, 0.15) is 0 Å². The number of rotatable bonds is 2. The maximum absolute atomic E-state index is 11.0. The summed E-state index contributed by atoms with van der Waals surface area (Å²) in [7, 11) is -2.54. The number of phenolic OH excluding ortho intramolecular Hbond substituents is 1. The average Bonchev–Trinajstić information content (AvgIpc) is 2.05. The fraction of sp³-hybridized carbons (Fsp3) is 0.143. The smallest absolute Gasteiger partial charge is 0.296 e. The molecule has 0 unspecified atom stereocenters. The maximum atomic E-state index is 11.0. The molecule has 0 bridgehead atoms. The van der Waals surface area contributed by atoms with Crippen LogP contribution in [-0.4, -0.2) is 20.6 Å². The van der Waals surface area contributed by atoms with Crippen LogP contribution >= 0.6 is 0 Å². The molecule has 66 valence electrons. The molecule has 1 aromatic rings. The van der Waals surface area contributed by atoms with Crippen molar-refractivity contribution < 1.29 is 17.7 Å². The van der Waals surface area contributed by atoms with Crippen molar-refractivity contribution in [1.82, 2.24) is 0 Å². The molecule has 0 aliphatic rings. The van der Waals surface area contributed by atoms with E-state index in [-0.39, 0.29) is 10.6 Å². The number of benzene rings is 1. The first kappa shape index (κ1) is 9.02. The van der Waals surface area contributed by atoms with Crippen LogP contribution in [0.4, 0.5) is 0 Å². The third kappa shape index (κ3) is 1.75. The zero-order valence-electron chi connectivity index (χ0n) is 6.39. The van der Waals surface area contributed by atoms with E-state index in [1.54, 1.807) is 0 Å². The lowest BCUT2D eigenvalue weighted by Gasteiger charge is -1.99. The van der Waals surface area contributed by atoms with E-state index in [0.717, 1.165) is 7.11 Å². The molecule has 0 amide bonds. The van der Waals surface area contributed by atoms with Crippen LogP contribution in [0.3, 0.4) is 0 Å². The van der Waals surface area contributed by atoms with E-state index in [1.165, 1.54) is 24.3 Å². The topological polar surface area (TPSA) is 63.6 Å². The highest BCUT2D eigenvalue weighted by Gasteiger charge is 2.11. The first-order valence-electron chi connectivity index (χ1n) is 3.16. The Morgan fingerprint density at radius 3 is 2.17 bits per heavy atom. The summed E-state index contributed by atoms with van der Waals surface area (Å²) in [6.45, 7) is 0. The minimum absolute atomic E-state index is 0.0186. The van der Waals surface area contributed by atoms with E-state index in [1.807, 2.05) is 0 Å². The first-order valence-corrected chi connectivity index (χ1v) is 4.57. The molecule has 5 heteroatoms. The summed E-state index contributed by atoms with van der Waals surface area (Å²) in [5, 5.41) is 8.86. The van der Waals surface area contributed by atoms with E-state index in [9.17, 15) is 8.42 Å². The van der Waals surface area contributed by atoms with Gasteiger partial charge in [-0.15, -0.1) is 0 Å². The van der Waals surface area contributed by atoms with Crippen molar-refractivity contribution in [2.24, 2.45) is 0 Å². The van der Waals surface area contributed by atoms with Crippen molar-refractivity contribution in [3.8, 4) is 5.75 Å². The van der Waals surface area contributed by atoms with Gasteiger partial charge in [0, 0.05) is 0 Å². The summed E-state index contributed by atoms with van der Waals surface area (Å²) >= 11 is 0. The molecule has 0 spiro atoms. The number of hydrogen-bond donors (Lipinski definition) is 1. The largest absolute Gasteiger partial charge is 0.508 e. The summed E-state index contributed by atoms with van der Waals surface area (Å²) in [5.41, 5.74) is 0. The summed E-state index contributed by atoms with van der Waals surface area (Å²) in [4.78, 5) is 0.0304. The first-order chi connectivity index (χ1) is 5.56. The van der Waals surface area contributed by atoms with E-state index in [4.69, 9.17) is 5.11 Å². The minimum Gasteiger partial charge on any atom is -0.508 e. The third-order valence-electron chi connectivity index (χ3n) is 1.34. The Bertz CT molecular complexity index is 351. The number of hydrogen-bond acceptors (Lipinski definition) is 4. The maximum Gasteiger partial charge on any atom is 0.296 e. The predicted octanol–water partition coefficient (Wildman–Crippen LogP) is 0.727. The highest BCUT2D eigenvalue weighted by atomic mass is 32.2. The van der Waals surface area contributed by atoms with Crippen molar-refractivity contribution in [2.75, 3.05) is 7.11 Å². The normalized spacial score (nSPS) is 11.4. The molecule has 0 fully saturated rings. The molecule has 0 atom stereocenters. The molecular formula is C7H8O4S. The number of aromatic hydroxyl groups is 1. The van der Waals surface area contributed by atoms with Crippen LogP contribution in [0.15, 0.2) is 29.2 Å². The standard InChI is InChI=1S/C7H8O4S/c1-11-12(9,10)7-4-2-6(8)3-5-7/h2-5,8H,1H3. The van der Waals surface area contributed by atoms with Crippen LogP contribution < -0.4 is 0 Å². The predicted molar refractivity (Wildman–Crippen MR) is 42.3 cm³/mol. The van der Waals surface area contributed by atoms with Crippen molar-refractivity contribution in [3.05, 3.63) is 24.3 Å².